The fraction of sp³-hybridized carbons (Fsp3) is 0.333. The lowest BCUT2D eigenvalue weighted by Crippen LogP contribution is -2.39. The molecule has 2 aromatic rings. The summed E-state index contributed by atoms with van der Waals surface area (Å²) in [6.07, 6.45) is 0. The first-order chi connectivity index (χ1) is 7.06. The molecule has 0 aliphatic heterocycles. The summed E-state index contributed by atoms with van der Waals surface area (Å²) >= 11 is 1.76. The predicted octanol–water partition coefficient (Wildman–Crippen LogP) is 3.05. The van der Waals surface area contributed by atoms with Crippen molar-refractivity contribution in [3.8, 4) is 0 Å². The number of hydrogen-bond donors (Lipinski definition) is 2. The maximum absolute atomic E-state index is 5.94. The minimum atomic E-state index is -0.178. The first kappa shape index (κ1) is 10.5. The molecule has 2 nitrogen and oxygen atoms in total. The van der Waals surface area contributed by atoms with Gasteiger partial charge in [-0.05, 0) is 19.9 Å². The second-order valence-corrected chi connectivity index (χ2v) is 5.40. The Labute approximate surface area is 94.1 Å². The van der Waals surface area contributed by atoms with Crippen molar-refractivity contribution >= 4 is 27.1 Å². The SMILES string of the molecule is CC(C)(N)CNc1csc2ccccc12. The molecule has 0 spiro atoms. The van der Waals surface area contributed by atoms with Gasteiger partial charge in [0.25, 0.3) is 0 Å². The zero-order valence-corrected chi connectivity index (χ0v) is 9.90. The van der Waals surface area contributed by atoms with E-state index in [2.05, 4.69) is 35.0 Å². The zero-order chi connectivity index (χ0) is 10.9. The first-order valence-corrected chi connectivity index (χ1v) is 5.93. The summed E-state index contributed by atoms with van der Waals surface area (Å²) in [6, 6.07) is 8.40. The summed E-state index contributed by atoms with van der Waals surface area (Å²) in [5, 5.41) is 6.83. The number of nitrogens with two attached hydrogens (primary N) is 1. The van der Waals surface area contributed by atoms with Crippen LogP contribution >= 0.6 is 11.3 Å². The van der Waals surface area contributed by atoms with E-state index in [-0.39, 0.29) is 5.54 Å². The predicted molar refractivity (Wildman–Crippen MR) is 68.6 cm³/mol. The Bertz CT molecular complexity index is 454. The van der Waals surface area contributed by atoms with Crippen LogP contribution in [0.4, 0.5) is 5.69 Å². The van der Waals surface area contributed by atoms with Gasteiger partial charge in [0, 0.05) is 27.5 Å². The summed E-state index contributed by atoms with van der Waals surface area (Å²) < 4.78 is 1.31. The highest BCUT2D eigenvalue weighted by atomic mass is 32.1. The molecule has 3 N–H and O–H groups in total. The van der Waals surface area contributed by atoms with Gasteiger partial charge in [0.15, 0.2) is 0 Å². The second-order valence-electron chi connectivity index (χ2n) is 4.49. The Morgan fingerprint density at radius 3 is 2.80 bits per heavy atom. The van der Waals surface area contributed by atoms with Gasteiger partial charge in [-0.3, -0.25) is 0 Å². The van der Waals surface area contributed by atoms with E-state index in [0.29, 0.717) is 0 Å². The molecule has 0 bridgehead atoms. The van der Waals surface area contributed by atoms with Crippen molar-refractivity contribution in [2.24, 2.45) is 5.73 Å². The summed E-state index contributed by atoms with van der Waals surface area (Å²) in [7, 11) is 0. The van der Waals surface area contributed by atoms with Crippen LogP contribution in [0.25, 0.3) is 10.1 Å². The van der Waals surface area contributed by atoms with E-state index in [1.54, 1.807) is 11.3 Å². The molecule has 1 heterocycles. The summed E-state index contributed by atoms with van der Waals surface area (Å²) in [6.45, 7) is 4.83. The van der Waals surface area contributed by atoms with Crippen molar-refractivity contribution in [3.05, 3.63) is 29.6 Å². The lowest BCUT2D eigenvalue weighted by atomic mass is 10.1. The topological polar surface area (TPSA) is 38.0 Å². The molecule has 15 heavy (non-hydrogen) atoms. The smallest absolute Gasteiger partial charge is 0.0529 e. The maximum Gasteiger partial charge on any atom is 0.0529 e. The van der Waals surface area contributed by atoms with E-state index in [0.717, 1.165) is 6.54 Å². The molecule has 0 amide bonds. The average molecular weight is 220 g/mol. The molecule has 0 aliphatic carbocycles. The molecular weight excluding hydrogens is 204 g/mol. The van der Waals surface area contributed by atoms with Crippen LogP contribution < -0.4 is 11.1 Å². The minimum absolute atomic E-state index is 0.178. The van der Waals surface area contributed by atoms with E-state index in [1.807, 2.05) is 13.8 Å². The Morgan fingerprint density at radius 2 is 2.07 bits per heavy atom. The number of nitrogens with one attached hydrogen (secondary N) is 1. The van der Waals surface area contributed by atoms with Crippen LogP contribution in [0.1, 0.15) is 13.8 Å². The number of fused-ring (bicyclic) bond motifs is 1. The van der Waals surface area contributed by atoms with E-state index in [4.69, 9.17) is 5.73 Å². The lowest BCUT2D eigenvalue weighted by Gasteiger charge is -2.19. The van der Waals surface area contributed by atoms with Gasteiger partial charge in [-0.25, -0.2) is 0 Å². The summed E-state index contributed by atoms with van der Waals surface area (Å²) in [5.41, 5.74) is 6.95. The van der Waals surface area contributed by atoms with Gasteiger partial charge >= 0.3 is 0 Å². The van der Waals surface area contributed by atoms with Gasteiger partial charge in [-0.15, -0.1) is 11.3 Å². The van der Waals surface area contributed by atoms with Gasteiger partial charge in [-0.2, -0.15) is 0 Å². The molecule has 0 atom stereocenters. The van der Waals surface area contributed by atoms with Gasteiger partial charge in [0.1, 0.15) is 0 Å². The standard InChI is InChI=1S/C12H16N2S/c1-12(2,13)8-14-10-7-15-11-6-4-3-5-9(10)11/h3-7,14H,8,13H2,1-2H3. The molecule has 0 radical (unpaired) electrons. The highest BCUT2D eigenvalue weighted by molar-refractivity contribution is 7.17. The van der Waals surface area contributed by atoms with Crippen LogP contribution in [-0.4, -0.2) is 12.1 Å². The molecule has 80 valence electrons. The van der Waals surface area contributed by atoms with E-state index in [9.17, 15) is 0 Å². The molecule has 1 aromatic heterocycles. The normalized spacial score (nSPS) is 11.9. The fourth-order valence-electron chi connectivity index (χ4n) is 1.44. The maximum atomic E-state index is 5.94. The molecule has 2 rings (SSSR count). The monoisotopic (exact) mass is 220 g/mol. The van der Waals surface area contributed by atoms with Gasteiger partial charge in [0.05, 0.1) is 5.69 Å². The minimum Gasteiger partial charge on any atom is -0.382 e. The van der Waals surface area contributed by atoms with Crippen LogP contribution in [0.2, 0.25) is 0 Å². The van der Waals surface area contributed by atoms with E-state index < -0.39 is 0 Å². The third kappa shape index (κ3) is 2.49. The summed E-state index contributed by atoms with van der Waals surface area (Å²) in [4.78, 5) is 0. The van der Waals surface area contributed by atoms with E-state index >= 15 is 0 Å². The zero-order valence-electron chi connectivity index (χ0n) is 9.08. The van der Waals surface area contributed by atoms with Gasteiger partial charge in [0.2, 0.25) is 0 Å². The van der Waals surface area contributed by atoms with Crippen LogP contribution in [0, 0.1) is 0 Å². The number of anilines is 1. The van der Waals surface area contributed by atoms with Gasteiger partial charge < -0.3 is 11.1 Å². The molecule has 0 saturated heterocycles. The van der Waals surface area contributed by atoms with Crippen molar-refractivity contribution in [3.63, 3.8) is 0 Å². The number of benzene rings is 1. The Hall–Kier alpha value is -1.06. The van der Waals surface area contributed by atoms with Crippen molar-refractivity contribution in [2.75, 3.05) is 11.9 Å². The quantitative estimate of drug-likeness (QED) is 0.834. The van der Waals surface area contributed by atoms with Crippen LogP contribution in [0.5, 0.6) is 0 Å². The molecule has 0 saturated carbocycles. The second kappa shape index (κ2) is 3.83. The number of thiophene rings is 1. The lowest BCUT2D eigenvalue weighted by molar-refractivity contribution is 0.550. The Balaban J connectivity index is 2.22. The van der Waals surface area contributed by atoms with Crippen molar-refractivity contribution in [2.45, 2.75) is 19.4 Å². The number of hydrogen-bond acceptors (Lipinski definition) is 3. The van der Waals surface area contributed by atoms with E-state index in [1.165, 1.54) is 15.8 Å². The third-order valence-corrected chi connectivity index (χ3v) is 3.18. The average Bonchev–Trinajstić information content (AvgIpc) is 2.57. The summed E-state index contributed by atoms with van der Waals surface area (Å²) in [5.74, 6) is 0. The molecule has 0 fully saturated rings. The molecule has 0 aliphatic rings. The highest BCUT2D eigenvalue weighted by Crippen LogP contribution is 2.29. The van der Waals surface area contributed by atoms with Crippen LogP contribution in [0.15, 0.2) is 29.6 Å². The Morgan fingerprint density at radius 1 is 1.33 bits per heavy atom. The molecule has 1 aromatic carbocycles. The highest BCUT2D eigenvalue weighted by Gasteiger charge is 2.11. The Kier molecular flexibility index (Phi) is 2.67. The molecular formula is C12H16N2S. The third-order valence-electron chi connectivity index (χ3n) is 2.22. The molecule has 3 heteroatoms. The fourth-order valence-corrected chi connectivity index (χ4v) is 2.35. The molecule has 0 unspecified atom stereocenters. The van der Waals surface area contributed by atoms with Crippen LogP contribution in [0.3, 0.4) is 0 Å². The van der Waals surface area contributed by atoms with Crippen molar-refractivity contribution in [1.29, 1.82) is 0 Å². The largest absolute Gasteiger partial charge is 0.382 e. The van der Waals surface area contributed by atoms with Crippen molar-refractivity contribution in [1.82, 2.24) is 0 Å². The first-order valence-electron chi connectivity index (χ1n) is 5.05. The van der Waals surface area contributed by atoms with Crippen LogP contribution in [-0.2, 0) is 0 Å². The van der Waals surface area contributed by atoms with Gasteiger partial charge in [-0.1, -0.05) is 18.2 Å². The number of rotatable bonds is 3. The van der Waals surface area contributed by atoms with Crippen molar-refractivity contribution < 1.29 is 0 Å².